The molecular formula is C22H32S. The molecule has 0 spiro atoms. The first-order valence-corrected chi connectivity index (χ1v) is 9.91. The molecule has 0 N–H and O–H groups in total. The van der Waals surface area contributed by atoms with Gasteiger partial charge in [-0.3, -0.25) is 0 Å². The summed E-state index contributed by atoms with van der Waals surface area (Å²) in [6.45, 7) is 15.0. The fraction of sp³-hybridized carbons (Fsp3) is 0.455. The average molecular weight is 329 g/mol. The summed E-state index contributed by atoms with van der Waals surface area (Å²) in [6.07, 6.45) is 0. The Balaban J connectivity index is 0.000000615. The van der Waals surface area contributed by atoms with E-state index in [4.69, 9.17) is 0 Å². The Bertz CT molecular complexity index is 586. The Morgan fingerprint density at radius 1 is 0.739 bits per heavy atom. The zero-order valence-electron chi connectivity index (χ0n) is 15.8. The van der Waals surface area contributed by atoms with Crippen LogP contribution in [0.5, 0.6) is 0 Å². The number of thioether (sulfide) groups is 1. The van der Waals surface area contributed by atoms with Crippen LogP contribution in [-0.2, 0) is 0 Å². The van der Waals surface area contributed by atoms with Crippen LogP contribution in [0.3, 0.4) is 0 Å². The lowest BCUT2D eigenvalue weighted by atomic mass is 9.80. The van der Waals surface area contributed by atoms with Crippen molar-refractivity contribution in [3.8, 4) is 0 Å². The molecule has 0 aromatic heterocycles. The van der Waals surface area contributed by atoms with Crippen LogP contribution in [0.15, 0.2) is 53.4 Å². The van der Waals surface area contributed by atoms with Gasteiger partial charge in [-0.25, -0.2) is 0 Å². The van der Waals surface area contributed by atoms with E-state index in [9.17, 15) is 0 Å². The van der Waals surface area contributed by atoms with Crippen molar-refractivity contribution in [2.24, 2.45) is 5.92 Å². The third kappa shape index (κ3) is 4.41. The first-order valence-electron chi connectivity index (χ1n) is 9.03. The van der Waals surface area contributed by atoms with E-state index >= 15 is 0 Å². The topological polar surface area (TPSA) is 0 Å². The molecule has 0 fully saturated rings. The quantitative estimate of drug-likeness (QED) is 0.517. The van der Waals surface area contributed by atoms with E-state index in [1.807, 2.05) is 39.5 Å². The molecule has 3 rings (SSSR count). The fourth-order valence-electron chi connectivity index (χ4n) is 3.15. The molecule has 0 radical (unpaired) electrons. The van der Waals surface area contributed by atoms with Crippen molar-refractivity contribution in [2.75, 3.05) is 0 Å². The number of hydrogen-bond acceptors (Lipinski definition) is 1. The molecule has 1 aliphatic heterocycles. The molecule has 1 aliphatic rings. The largest absolute Gasteiger partial charge is 0.118 e. The van der Waals surface area contributed by atoms with E-state index in [1.54, 1.807) is 0 Å². The van der Waals surface area contributed by atoms with Gasteiger partial charge in [0, 0.05) is 16.1 Å². The van der Waals surface area contributed by atoms with Gasteiger partial charge in [0.25, 0.3) is 0 Å². The van der Waals surface area contributed by atoms with Crippen molar-refractivity contribution in [3.63, 3.8) is 0 Å². The Hall–Kier alpha value is -1.21. The number of fused-ring (bicyclic) bond motifs is 2. The van der Waals surface area contributed by atoms with Crippen molar-refractivity contribution >= 4 is 11.8 Å². The van der Waals surface area contributed by atoms with E-state index in [0.29, 0.717) is 17.1 Å². The summed E-state index contributed by atoms with van der Waals surface area (Å²) < 4.78 is 0. The molecule has 0 saturated heterocycles. The fourth-order valence-corrected chi connectivity index (χ4v) is 4.36. The lowest BCUT2D eigenvalue weighted by molar-refractivity contribution is 0.555. The lowest BCUT2D eigenvalue weighted by Gasteiger charge is -2.23. The van der Waals surface area contributed by atoms with Crippen molar-refractivity contribution in [1.82, 2.24) is 0 Å². The van der Waals surface area contributed by atoms with Gasteiger partial charge in [0.2, 0.25) is 0 Å². The van der Waals surface area contributed by atoms with Crippen molar-refractivity contribution in [1.29, 1.82) is 0 Å². The molecule has 0 nitrogen and oxygen atoms in total. The van der Waals surface area contributed by atoms with Crippen LogP contribution in [0.4, 0.5) is 0 Å². The molecular weight excluding hydrogens is 296 g/mol. The van der Waals surface area contributed by atoms with Crippen LogP contribution in [-0.4, -0.2) is 0 Å². The monoisotopic (exact) mass is 328 g/mol. The molecule has 2 aromatic rings. The zero-order chi connectivity index (χ0) is 17.4. The molecule has 0 bridgehead atoms. The van der Waals surface area contributed by atoms with Gasteiger partial charge in [-0.1, -0.05) is 84.0 Å². The molecule has 2 aromatic carbocycles. The van der Waals surface area contributed by atoms with E-state index in [1.165, 1.54) is 21.6 Å². The minimum Gasteiger partial charge on any atom is -0.118 e. The molecule has 0 aliphatic carbocycles. The summed E-state index contributed by atoms with van der Waals surface area (Å²) in [6, 6.07) is 17.9. The minimum atomic E-state index is 0.518. The number of hydrogen-bond donors (Lipinski definition) is 0. The second-order valence-corrected chi connectivity index (χ2v) is 7.03. The normalized spacial score (nSPS) is 18.4. The highest BCUT2D eigenvalue weighted by Gasteiger charge is 2.28. The average Bonchev–Trinajstić information content (AvgIpc) is 2.72. The predicted octanol–water partition coefficient (Wildman–Crippen LogP) is 7.69. The summed E-state index contributed by atoms with van der Waals surface area (Å²) >= 11 is 2.00. The molecule has 0 amide bonds. The van der Waals surface area contributed by atoms with Gasteiger partial charge in [0.1, 0.15) is 0 Å². The van der Waals surface area contributed by atoms with E-state index in [2.05, 4.69) is 69.3 Å². The first kappa shape index (κ1) is 19.8. The zero-order valence-corrected chi connectivity index (χ0v) is 16.6. The Morgan fingerprint density at radius 3 is 1.78 bits per heavy atom. The van der Waals surface area contributed by atoms with Gasteiger partial charge in [0.05, 0.1) is 0 Å². The molecule has 0 saturated carbocycles. The van der Waals surface area contributed by atoms with Crippen molar-refractivity contribution in [2.45, 2.75) is 64.5 Å². The SMILES string of the molecule is CC.CC.CC1Sc2ccccc2C(C(C)C)c2ccccc21. The Morgan fingerprint density at radius 2 is 1.22 bits per heavy atom. The highest BCUT2D eigenvalue weighted by atomic mass is 32.2. The van der Waals surface area contributed by atoms with Crippen LogP contribution in [0.2, 0.25) is 0 Å². The molecule has 1 heterocycles. The van der Waals surface area contributed by atoms with Crippen LogP contribution < -0.4 is 0 Å². The molecule has 1 heteroatoms. The highest BCUT2D eigenvalue weighted by Crippen LogP contribution is 2.48. The smallest absolute Gasteiger partial charge is 0.0319 e. The first-order chi connectivity index (χ1) is 11.2. The lowest BCUT2D eigenvalue weighted by Crippen LogP contribution is -2.10. The number of rotatable bonds is 1. The van der Waals surface area contributed by atoms with E-state index < -0.39 is 0 Å². The summed E-state index contributed by atoms with van der Waals surface area (Å²) in [5.41, 5.74) is 4.52. The van der Waals surface area contributed by atoms with Crippen molar-refractivity contribution < 1.29 is 0 Å². The standard InChI is InChI=1S/C18H20S.2C2H6/c1-12(2)18-15-9-5-4-8-14(15)13(3)19-17-11-7-6-10-16(17)18;2*1-2/h4-13,18H,1-3H3;2*1-2H3. The van der Waals surface area contributed by atoms with E-state index in [-0.39, 0.29) is 0 Å². The Labute approximate surface area is 147 Å². The summed E-state index contributed by atoms with van der Waals surface area (Å²) in [7, 11) is 0. The minimum absolute atomic E-state index is 0.518. The van der Waals surface area contributed by atoms with Crippen LogP contribution >= 0.6 is 11.8 Å². The molecule has 126 valence electrons. The summed E-state index contributed by atoms with van der Waals surface area (Å²) in [5, 5.41) is 0.529. The third-order valence-corrected chi connectivity index (χ3v) is 5.23. The van der Waals surface area contributed by atoms with Gasteiger partial charge in [-0.05, 0) is 35.6 Å². The second kappa shape index (κ2) is 9.82. The maximum atomic E-state index is 2.33. The molecule has 23 heavy (non-hydrogen) atoms. The van der Waals surface area contributed by atoms with Crippen LogP contribution in [0.1, 0.15) is 76.3 Å². The Kier molecular flexibility index (Phi) is 8.47. The van der Waals surface area contributed by atoms with Gasteiger partial charge >= 0.3 is 0 Å². The van der Waals surface area contributed by atoms with Crippen molar-refractivity contribution in [3.05, 3.63) is 65.2 Å². The summed E-state index contributed by atoms with van der Waals surface area (Å²) in [5.74, 6) is 1.14. The van der Waals surface area contributed by atoms with Gasteiger partial charge < -0.3 is 0 Å². The molecule has 2 atom stereocenters. The maximum Gasteiger partial charge on any atom is 0.0319 e. The van der Waals surface area contributed by atoms with Gasteiger partial charge in [0.15, 0.2) is 0 Å². The predicted molar refractivity (Wildman–Crippen MR) is 107 cm³/mol. The number of benzene rings is 2. The van der Waals surface area contributed by atoms with E-state index in [0.717, 1.165) is 0 Å². The van der Waals surface area contributed by atoms with Gasteiger partial charge in [-0.15, -0.1) is 11.8 Å². The van der Waals surface area contributed by atoms with Crippen LogP contribution in [0.25, 0.3) is 0 Å². The van der Waals surface area contributed by atoms with Crippen LogP contribution in [0, 0.1) is 5.92 Å². The summed E-state index contributed by atoms with van der Waals surface area (Å²) in [4.78, 5) is 1.45. The third-order valence-electron chi connectivity index (χ3n) is 3.99. The molecule has 2 unspecified atom stereocenters. The van der Waals surface area contributed by atoms with Gasteiger partial charge in [-0.2, -0.15) is 0 Å². The maximum absolute atomic E-state index is 2.33. The highest BCUT2D eigenvalue weighted by molar-refractivity contribution is 7.99. The second-order valence-electron chi connectivity index (χ2n) is 5.65.